The highest BCUT2D eigenvalue weighted by atomic mass is 16.3. The van der Waals surface area contributed by atoms with Crippen molar-refractivity contribution in [3.8, 4) is 0 Å². The van der Waals surface area contributed by atoms with Crippen LogP contribution in [0, 0.1) is 28.6 Å². The largest absolute Gasteiger partial charge is 0.390 e. The van der Waals surface area contributed by atoms with Crippen LogP contribution in [0.15, 0.2) is 11.6 Å². The predicted molar refractivity (Wildman–Crippen MR) is 87.9 cm³/mol. The van der Waals surface area contributed by atoms with Gasteiger partial charge in [0.15, 0.2) is 0 Å². The van der Waals surface area contributed by atoms with Crippen LogP contribution in [-0.4, -0.2) is 56.1 Å². The second kappa shape index (κ2) is 5.27. The normalized spacial score (nSPS) is 60.0. The van der Waals surface area contributed by atoms with Gasteiger partial charge in [-0.15, -0.1) is 0 Å². The highest BCUT2D eigenvalue weighted by Gasteiger charge is 2.63. The van der Waals surface area contributed by atoms with Crippen molar-refractivity contribution < 1.29 is 25.5 Å². The van der Waals surface area contributed by atoms with Gasteiger partial charge in [0.25, 0.3) is 0 Å². The van der Waals surface area contributed by atoms with Gasteiger partial charge in [-0.05, 0) is 66.3 Å². The number of aliphatic hydroxyl groups is 5. The Bertz CT molecular complexity index is 562. The average molecular weight is 338 g/mol. The molecule has 0 heterocycles. The van der Waals surface area contributed by atoms with Gasteiger partial charge in [0, 0.05) is 0 Å². The first kappa shape index (κ1) is 17.0. The van der Waals surface area contributed by atoms with Crippen LogP contribution in [0.25, 0.3) is 0 Å². The summed E-state index contributed by atoms with van der Waals surface area (Å²) < 4.78 is 0. The lowest BCUT2D eigenvalue weighted by atomic mass is 9.47. The van der Waals surface area contributed by atoms with Crippen LogP contribution in [-0.2, 0) is 0 Å². The summed E-state index contributed by atoms with van der Waals surface area (Å²) in [5.74, 6) is 0.284. The van der Waals surface area contributed by atoms with Gasteiger partial charge in [-0.2, -0.15) is 0 Å². The number of fused-ring (bicyclic) bond motifs is 5. The van der Waals surface area contributed by atoms with Gasteiger partial charge in [-0.3, -0.25) is 0 Å². The van der Waals surface area contributed by atoms with Crippen molar-refractivity contribution in [3.05, 3.63) is 11.6 Å². The maximum Gasteiger partial charge on any atom is 0.101 e. The first-order valence-corrected chi connectivity index (χ1v) is 9.32. The fourth-order valence-electron chi connectivity index (χ4n) is 6.68. The molecule has 10 atom stereocenters. The van der Waals surface area contributed by atoms with Crippen molar-refractivity contribution in [2.24, 2.45) is 28.6 Å². The smallest absolute Gasteiger partial charge is 0.101 e. The number of rotatable bonds is 0. The molecule has 136 valence electrons. The van der Waals surface area contributed by atoms with E-state index in [1.165, 1.54) is 0 Å². The molecule has 0 aromatic rings. The van der Waals surface area contributed by atoms with Crippen molar-refractivity contribution >= 4 is 0 Å². The Morgan fingerprint density at radius 1 is 0.917 bits per heavy atom. The van der Waals surface area contributed by atoms with Crippen LogP contribution in [0.4, 0.5) is 0 Å². The van der Waals surface area contributed by atoms with Crippen molar-refractivity contribution in [3.63, 3.8) is 0 Å². The first-order chi connectivity index (χ1) is 11.2. The average Bonchev–Trinajstić information content (AvgIpc) is 2.77. The van der Waals surface area contributed by atoms with E-state index in [0.29, 0.717) is 12.8 Å². The summed E-state index contributed by atoms with van der Waals surface area (Å²) in [6.07, 6.45) is 1.57. The fraction of sp³-hybridized carbons (Fsp3) is 0.895. The van der Waals surface area contributed by atoms with E-state index >= 15 is 0 Å². The molecule has 4 aliphatic carbocycles. The summed E-state index contributed by atoms with van der Waals surface area (Å²) >= 11 is 0. The van der Waals surface area contributed by atoms with Crippen LogP contribution in [0.3, 0.4) is 0 Å². The molecular weight excluding hydrogens is 308 g/mol. The summed E-state index contributed by atoms with van der Waals surface area (Å²) in [7, 11) is 0. The fourth-order valence-corrected chi connectivity index (χ4v) is 6.68. The van der Waals surface area contributed by atoms with E-state index in [1.54, 1.807) is 6.08 Å². The van der Waals surface area contributed by atoms with Crippen LogP contribution in [0.5, 0.6) is 0 Å². The van der Waals surface area contributed by atoms with Crippen molar-refractivity contribution in [2.45, 2.75) is 76.5 Å². The highest BCUT2D eigenvalue weighted by Crippen LogP contribution is 2.64. The summed E-state index contributed by atoms with van der Waals surface area (Å²) in [5, 5.41) is 52.1. The third-order valence-corrected chi connectivity index (χ3v) is 8.17. The van der Waals surface area contributed by atoms with Crippen molar-refractivity contribution in [1.29, 1.82) is 0 Å². The zero-order valence-corrected chi connectivity index (χ0v) is 14.5. The van der Waals surface area contributed by atoms with Gasteiger partial charge in [0.2, 0.25) is 0 Å². The molecule has 0 aromatic carbocycles. The van der Waals surface area contributed by atoms with E-state index in [1.807, 2.05) is 6.92 Å². The zero-order chi connectivity index (χ0) is 17.4. The molecule has 24 heavy (non-hydrogen) atoms. The van der Waals surface area contributed by atoms with Gasteiger partial charge < -0.3 is 25.5 Å². The van der Waals surface area contributed by atoms with Gasteiger partial charge >= 0.3 is 0 Å². The summed E-state index contributed by atoms with van der Waals surface area (Å²) in [6, 6.07) is 0. The minimum absolute atomic E-state index is 0.00765. The van der Waals surface area contributed by atoms with Gasteiger partial charge in [-0.25, -0.2) is 0 Å². The maximum atomic E-state index is 10.9. The topological polar surface area (TPSA) is 101 Å². The van der Waals surface area contributed by atoms with E-state index in [4.69, 9.17) is 0 Å². The lowest BCUT2D eigenvalue weighted by Gasteiger charge is -2.59. The van der Waals surface area contributed by atoms with Crippen LogP contribution in [0.1, 0.15) is 46.0 Å². The molecule has 0 radical (unpaired) electrons. The van der Waals surface area contributed by atoms with Crippen molar-refractivity contribution in [2.75, 3.05) is 0 Å². The SMILES string of the molecule is C[C@]12CC[C@H]3[C@@H]([C@H](O)C=C4[C@H](O)[C@@H](O)CC[C@@]43C)[C@@H]1C[C@@H](O)[C@@H]2O. The summed E-state index contributed by atoms with van der Waals surface area (Å²) in [6.45, 7) is 4.20. The maximum absolute atomic E-state index is 10.9. The van der Waals surface area contributed by atoms with E-state index in [-0.39, 0.29) is 28.6 Å². The molecule has 4 rings (SSSR count). The molecule has 0 aliphatic heterocycles. The van der Waals surface area contributed by atoms with Crippen LogP contribution in [0.2, 0.25) is 0 Å². The number of hydrogen-bond donors (Lipinski definition) is 5. The van der Waals surface area contributed by atoms with E-state index in [9.17, 15) is 25.5 Å². The van der Waals surface area contributed by atoms with Gasteiger partial charge in [0.1, 0.15) is 6.10 Å². The molecule has 5 heteroatoms. The van der Waals surface area contributed by atoms with E-state index in [0.717, 1.165) is 24.8 Å². The molecule has 0 amide bonds. The molecule has 0 bridgehead atoms. The van der Waals surface area contributed by atoms with Gasteiger partial charge in [-0.1, -0.05) is 19.9 Å². The minimum Gasteiger partial charge on any atom is -0.390 e. The Kier molecular flexibility index (Phi) is 3.73. The zero-order valence-electron chi connectivity index (χ0n) is 14.5. The molecule has 0 unspecified atom stereocenters. The molecular formula is C19H30O5. The van der Waals surface area contributed by atoms with Crippen molar-refractivity contribution in [1.82, 2.24) is 0 Å². The quantitative estimate of drug-likeness (QED) is 0.416. The second-order valence-electron chi connectivity index (χ2n) is 9.16. The second-order valence-corrected chi connectivity index (χ2v) is 9.16. The summed E-state index contributed by atoms with van der Waals surface area (Å²) in [5.41, 5.74) is 0.219. The Morgan fingerprint density at radius 3 is 2.33 bits per heavy atom. The number of aliphatic hydroxyl groups excluding tert-OH is 5. The predicted octanol–water partition coefficient (Wildman–Crippen LogP) is 0.583. The van der Waals surface area contributed by atoms with Crippen LogP contribution >= 0.6 is 0 Å². The monoisotopic (exact) mass is 338 g/mol. The molecule has 3 fully saturated rings. The molecule has 3 saturated carbocycles. The lowest BCUT2D eigenvalue weighted by Crippen LogP contribution is -2.57. The minimum atomic E-state index is -0.896. The Hall–Kier alpha value is -0.460. The Labute approximate surface area is 143 Å². The first-order valence-electron chi connectivity index (χ1n) is 9.32. The van der Waals surface area contributed by atoms with Gasteiger partial charge in [0.05, 0.1) is 24.4 Å². The molecule has 5 N–H and O–H groups in total. The Balaban J connectivity index is 1.76. The molecule has 0 aromatic heterocycles. The highest BCUT2D eigenvalue weighted by molar-refractivity contribution is 5.31. The lowest BCUT2D eigenvalue weighted by molar-refractivity contribution is -0.120. The molecule has 5 nitrogen and oxygen atoms in total. The van der Waals surface area contributed by atoms with Crippen LogP contribution < -0.4 is 0 Å². The molecule has 0 saturated heterocycles. The summed E-state index contributed by atoms with van der Waals surface area (Å²) in [4.78, 5) is 0. The third-order valence-electron chi connectivity index (χ3n) is 8.17. The van der Waals surface area contributed by atoms with E-state index < -0.39 is 30.5 Å². The third kappa shape index (κ3) is 1.99. The standard InChI is InChI=1S/C19H30O5/c1-18-6-4-12(20)16(23)11(18)8-13(21)15-9(18)3-5-19(2)10(15)7-14(22)17(19)24/h8-10,12-17,20-24H,3-7H2,1-2H3/t9-,10-,12-,13+,14+,15+,16-,17-,18+,19-/m0/s1. The Morgan fingerprint density at radius 2 is 1.62 bits per heavy atom. The molecule has 4 aliphatic rings. The molecule has 0 spiro atoms. The van der Waals surface area contributed by atoms with E-state index in [2.05, 4.69) is 6.92 Å². The number of hydrogen-bond acceptors (Lipinski definition) is 5.